The van der Waals surface area contributed by atoms with Crippen molar-refractivity contribution >= 4 is 28.9 Å². The molecule has 1 aromatic carbocycles. The zero-order chi connectivity index (χ0) is 14.1. The average Bonchev–Trinajstić information content (AvgIpc) is 2.40. The molecule has 1 heterocycles. The van der Waals surface area contributed by atoms with Crippen molar-refractivity contribution in [3.8, 4) is 5.75 Å². The predicted molar refractivity (Wildman–Crippen MR) is 80.6 cm³/mol. The number of rotatable bonds is 2. The molecule has 1 amide bonds. The molecule has 4 nitrogen and oxygen atoms in total. The molecule has 2 unspecified atom stereocenters. The Morgan fingerprint density at radius 1 is 1.40 bits per heavy atom. The normalized spacial score (nSPS) is 25.4. The number of carbonyl (C=O) groups excluding carboxylic acids is 1. The number of ether oxygens (including phenoxy) is 1. The van der Waals surface area contributed by atoms with Crippen LogP contribution in [0.2, 0.25) is 5.02 Å². The third kappa shape index (κ3) is 2.85. The van der Waals surface area contributed by atoms with Crippen LogP contribution in [0.1, 0.15) is 32.6 Å². The van der Waals surface area contributed by atoms with Gasteiger partial charge in [0.15, 0.2) is 6.61 Å². The molecular formula is C15H19ClN2O2. The second-order valence-electron chi connectivity index (χ2n) is 5.78. The van der Waals surface area contributed by atoms with E-state index < -0.39 is 0 Å². The number of anilines is 2. The first kappa shape index (κ1) is 13.6. The molecule has 0 saturated heterocycles. The highest BCUT2D eigenvalue weighted by Crippen LogP contribution is 2.37. The minimum atomic E-state index is -0.143. The third-order valence-corrected chi connectivity index (χ3v) is 4.31. The van der Waals surface area contributed by atoms with Crippen LogP contribution in [0.5, 0.6) is 5.75 Å². The van der Waals surface area contributed by atoms with Gasteiger partial charge in [0.1, 0.15) is 5.75 Å². The topological polar surface area (TPSA) is 50.4 Å². The molecule has 0 bridgehead atoms. The van der Waals surface area contributed by atoms with Gasteiger partial charge < -0.3 is 15.4 Å². The fourth-order valence-corrected chi connectivity index (χ4v) is 3.21. The molecule has 1 saturated carbocycles. The molecule has 2 atom stereocenters. The SMILES string of the molecule is CC1CCCC(Nc2cc3c(cc2Cl)NC(=O)CO3)C1. The summed E-state index contributed by atoms with van der Waals surface area (Å²) in [7, 11) is 0. The molecule has 20 heavy (non-hydrogen) atoms. The van der Waals surface area contributed by atoms with Gasteiger partial charge in [-0.1, -0.05) is 31.4 Å². The second kappa shape index (κ2) is 5.52. The summed E-state index contributed by atoms with van der Waals surface area (Å²) < 4.78 is 5.43. The van der Waals surface area contributed by atoms with Crippen molar-refractivity contribution in [2.45, 2.75) is 38.6 Å². The van der Waals surface area contributed by atoms with Gasteiger partial charge in [0.25, 0.3) is 5.91 Å². The van der Waals surface area contributed by atoms with Crippen LogP contribution in [0.25, 0.3) is 0 Å². The largest absolute Gasteiger partial charge is 0.482 e. The molecular weight excluding hydrogens is 276 g/mol. The molecule has 3 rings (SSSR count). The number of nitrogens with one attached hydrogen (secondary N) is 2. The molecule has 2 aliphatic rings. The Labute approximate surface area is 123 Å². The van der Waals surface area contributed by atoms with E-state index in [1.807, 2.05) is 6.07 Å². The van der Waals surface area contributed by atoms with Gasteiger partial charge in [0, 0.05) is 12.1 Å². The quantitative estimate of drug-likeness (QED) is 0.875. The third-order valence-electron chi connectivity index (χ3n) is 4.00. The minimum absolute atomic E-state index is 0.0640. The summed E-state index contributed by atoms with van der Waals surface area (Å²) in [6.07, 6.45) is 4.92. The number of benzene rings is 1. The highest BCUT2D eigenvalue weighted by Gasteiger charge is 2.22. The smallest absolute Gasteiger partial charge is 0.262 e. The summed E-state index contributed by atoms with van der Waals surface area (Å²) >= 11 is 6.30. The Bertz CT molecular complexity index is 533. The van der Waals surface area contributed by atoms with Crippen LogP contribution in [-0.4, -0.2) is 18.6 Å². The first-order valence-corrected chi connectivity index (χ1v) is 7.52. The van der Waals surface area contributed by atoms with Crippen molar-refractivity contribution in [1.82, 2.24) is 0 Å². The van der Waals surface area contributed by atoms with Crippen LogP contribution in [0.15, 0.2) is 12.1 Å². The monoisotopic (exact) mass is 294 g/mol. The Morgan fingerprint density at radius 3 is 3.05 bits per heavy atom. The van der Waals surface area contributed by atoms with Gasteiger partial charge in [-0.2, -0.15) is 0 Å². The lowest BCUT2D eigenvalue weighted by molar-refractivity contribution is -0.118. The lowest BCUT2D eigenvalue weighted by atomic mass is 9.87. The van der Waals surface area contributed by atoms with E-state index in [0.29, 0.717) is 22.5 Å². The van der Waals surface area contributed by atoms with Crippen LogP contribution in [-0.2, 0) is 4.79 Å². The van der Waals surface area contributed by atoms with Crippen molar-refractivity contribution in [3.05, 3.63) is 17.2 Å². The highest BCUT2D eigenvalue weighted by atomic mass is 35.5. The first-order chi connectivity index (χ1) is 9.61. The van der Waals surface area contributed by atoms with E-state index in [1.165, 1.54) is 25.7 Å². The number of hydrogen-bond acceptors (Lipinski definition) is 3. The van der Waals surface area contributed by atoms with Gasteiger partial charge in [0.2, 0.25) is 0 Å². The standard InChI is InChI=1S/C15H19ClN2O2/c1-9-3-2-4-10(5-9)17-12-7-14-13(6-11(12)16)18-15(19)8-20-14/h6-7,9-10,17H,2-5,8H2,1H3,(H,18,19). The molecule has 1 fully saturated rings. The van der Waals surface area contributed by atoms with E-state index in [2.05, 4.69) is 17.6 Å². The van der Waals surface area contributed by atoms with Gasteiger partial charge >= 0.3 is 0 Å². The highest BCUT2D eigenvalue weighted by molar-refractivity contribution is 6.33. The first-order valence-electron chi connectivity index (χ1n) is 7.14. The maximum Gasteiger partial charge on any atom is 0.262 e. The van der Waals surface area contributed by atoms with Crippen molar-refractivity contribution in [1.29, 1.82) is 0 Å². The molecule has 2 N–H and O–H groups in total. The van der Waals surface area contributed by atoms with Gasteiger partial charge in [-0.3, -0.25) is 4.79 Å². The number of hydrogen-bond donors (Lipinski definition) is 2. The molecule has 0 spiro atoms. The van der Waals surface area contributed by atoms with Gasteiger partial charge in [-0.05, 0) is 24.8 Å². The summed E-state index contributed by atoms with van der Waals surface area (Å²) in [6, 6.07) is 4.10. The summed E-state index contributed by atoms with van der Waals surface area (Å²) in [6.45, 7) is 2.36. The lowest BCUT2D eigenvalue weighted by Crippen LogP contribution is -2.27. The fourth-order valence-electron chi connectivity index (χ4n) is 3.00. The van der Waals surface area contributed by atoms with Gasteiger partial charge in [-0.25, -0.2) is 0 Å². The van der Waals surface area contributed by atoms with Crippen LogP contribution in [0, 0.1) is 5.92 Å². The van der Waals surface area contributed by atoms with Gasteiger partial charge in [0.05, 0.1) is 16.4 Å². The number of halogens is 1. The van der Waals surface area contributed by atoms with E-state index in [9.17, 15) is 4.79 Å². The minimum Gasteiger partial charge on any atom is -0.482 e. The molecule has 0 radical (unpaired) electrons. The predicted octanol–water partition coefficient (Wildman–Crippen LogP) is 3.66. The van der Waals surface area contributed by atoms with E-state index in [-0.39, 0.29) is 12.5 Å². The van der Waals surface area contributed by atoms with Crippen molar-refractivity contribution in [2.24, 2.45) is 5.92 Å². The molecule has 1 aliphatic carbocycles. The molecule has 0 aromatic heterocycles. The average molecular weight is 295 g/mol. The number of carbonyl (C=O) groups is 1. The molecule has 5 heteroatoms. The summed E-state index contributed by atoms with van der Waals surface area (Å²) in [4.78, 5) is 11.3. The fraction of sp³-hybridized carbons (Fsp3) is 0.533. The lowest BCUT2D eigenvalue weighted by Gasteiger charge is -2.29. The van der Waals surface area contributed by atoms with E-state index in [1.54, 1.807) is 6.07 Å². The van der Waals surface area contributed by atoms with Crippen molar-refractivity contribution < 1.29 is 9.53 Å². The maximum atomic E-state index is 11.3. The Kier molecular flexibility index (Phi) is 3.74. The van der Waals surface area contributed by atoms with Crippen molar-refractivity contribution in [3.63, 3.8) is 0 Å². The Balaban J connectivity index is 1.78. The van der Waals surface area contributed by atoms with Crippen LogP contribution < -0.4 is 15.4 Å². The van der Waals surface area contributed by atoms with Crippen LogP contribution in [0.4, 0.5) is 11.4 Å². The Hall–Kier alpha value is -1.42. The van der Waals surface area contributed by atoms with Crippen LogP contribution >= 0.6 is 11.6 Å². The molecule has 1 aliphatic heterocycles. The zero-order valence-corrected chi connectivity index (χ0v) is 12.3. The van der Waals surface area contributed by atoms with Crippen LogP contribution in [0.3, 0.4) is 0 Å². The van der Waals surface area contributed by atoms with E-state index in [0.717, 1.165) is 11.6 Å². The van der Waals surface area contributed by atoms with E-state index >= 15 is 0 Å². The van der Waals surface area contributed by atoms with Gasteiger partial charge in [-0.15, -0.1) is 0 Å². The Morgan fingerprint density at radius 2 is 2.25 bits per heavy atom. The summed E-state index contributed by atoms with van der Waals surface area (Å²) in [5.41, 5.74) is 1.54. The van der Waals surface area contributed by atoms with E-state index in [4.69, 9.17) is 16.3 Å². The second-order valence-corrected chi connectivity index (χ2v) is 6.19. The summed E-state index contributed by atoms with van der Waals surface area (Å²) in [5, 5.41) is 6.90. The molecule has 1 aromatic rings. The summed E-state index contributed by atoms with van der Waals surface area (Å²) in [5.74, 6) is 1.30. The number of fused-ring (bicyclic) bond motifs is 1. The van der Waals surface area contributed by atoms with Crippen molar-refractivity contribution in [2.75, 3.05) is 17.2 Å². The molecule has 108 valence electrons. The number of amides is 1. The maximum absolute atomic E-state index is 11.3. The zero-order valence-electron chi connectivity index (χ0n) is 11.5.